The molecule has 0 heterocycles. The number of phenolic OH excluding ortho intramolecular Hbond substituents is 1. The molecule has 0 aliphatic heterocycles. The first kappa shape index (κ1) is 13.9. The Morgan fingerprint density at radius 2 is 2.06 bits per heavy atom. The lowest BCUT2D eigenvalue weighted by Gasteiger charge is -2.17. The van der Waals surface area contributed by atoms with Gasteiger partial charge in [-0.15, -0.1) is 0 Å². The molecule has 0 aliphatic rings. The number of aromatic hydroxyl groups is 1. The number of halogens is 4. The molecule has 0 radical (unpaired) electrons. The molecule has 1 rings (SSSR count). The van der Waals surface area contributed by atoms with Crippen molar-refractivity contribution in [2.75, 3.05) is 7.11 Å². The molecule has 0 spiro atoms. The van der Waals surface area contributed by atoms with Gasteiger partial charge in [-0.05, 0) is 6.07 Å². The molecular weight excluding hydrogens is 259 g/mol. The lowest BCUT2D eigenvalue weighted by Crippen LogP contribution is -2.39. The monoisotopic (exact) mass is 269 g/mol. The quantitative estimate of drug-likeness (QED) is 0.886. The average molecular weight is 270 g/mol. The van der Waals surface area contributed by atoms with E-state index in [1.54, 1.807) is 0 Å². The van der Waals surface area contributed by atoms with Crippen LogP contribution in [0, 0.1) is 0 Å². The minimum Gasteiger partial charge on any atom is -0.504 e. The summed E-state index contributed by atoms with van der Waals surface area (Å²) in [7, 11) is 1.28. The minimum atomic E-state index is -4.53. The second kappa shape index (κ2) is 5.01. The molecule has 0 saturated heterocycles. The van der Waals surface area contributed by atoms with Gasteiger partial charge < -0.3 is 15.6 Å². The van der Waals surface area contributed by atoms with Gasteiger partial charge in [-0.3, -0.25) is 0 Å². The summed E-state index contributed by atoms with van der Waals surface area (Å²) in [6.45, 7) is 0. The Morgan fingerprint density at radius 1 is 1.47 bits per heavy atom. The van der Waals surface area contributed by atoms with Crippen LogP contribution in [0.25, 0.3) is 0 Å². The van der Waals surface area contributed by atoms with E-state index in [1.165, 1.54) is 19.2 Å². The summed E-state index contributed by atoms with van der Waals surface area (Å²) >= 11 is 5.69. The first-order valence-corrected chi connectivity index (χ1v) is 5.01. The van der Waals surface area contributed by atoms with Crippen molar-refractivity contribution in [3.05, 3.63) is 22.7 Å². The fraction of sp³-hybridized carbons (Fsp3) is 0.400. The maximum absolute atomic E-state index is 12.3. The predicted octanol–water partition coefficient (Wildman–Crippen LogP) is 2.49. The topological polar surface area (TPSA) is 55.5 Å². The Bertz CT molecular complexity index is 409. The third-order valence-electron chi connectivity index (χ3n) is 2.20. The Hall–Kier alpha value is -1.14. The summed E-state index contributed by atoms with van der Waals surface area (Å²) in [5, 5.41) is 9.79. The molecule has 7 heteroatoms. The van der Waals surface area contributed by atoms with Crippen LogP contribution in [0.4, 0.5) is 13.2 Å². The molecular formula is C10H11ClF3NO2. The van der Waals surface area contributed by atoms with E-state index in [1.807, 2.05) is 0 Å². The van der Waals surface area contributed by atoms with Crippen molar-refractivity contribution < 1.29 is 23.0 Å². The normalized spacial score (nSPS) is 13.5. The molecule has 1 aromatic rings. The SMILES string of the molecule is COc1cc(Cl)cc(CC(N)C(F)(F)F)c1O. The smallest absolute Gasteiger partial charge is 0.403 e. The summed E-state index contributed by atoms with van der Waals surface area (Å²) in [5.41, 5.74) is 4.97. The number of hydrogen-bond acceptors (Lipinski definition) is 3. The van der Waals surface area contributed by atoms with Gasteiger partial charge in [0.15, 0.2) is 11.5 Å². The molecule has 3 N–H and O–H groups in total. The van der Waals surface area contributed by atoms with Crippen LogP contribution < -0.4 is 10.5 Å². The second-order valence-electron chi connectivity index (χ2n) is 3.47. The van der Waals surface area contributed by atoms with Crippen molar-refractivity contribution in [3.63, 3.8) is 0 Å². The number of rotatable bonds is 3. The summed E-state index contributed by atoms with van der Waals surface area (Å²) < 4.78 is 41.6. The zero-order valence-corrected chi connectivity index (χ0v) is 9.64. The largest absolute Gasteiger partial charge is 0.504 e. The molecule has 1 unspecified atom stereocenters. The minimum absolute atomic E-state index is 0.000764. The van der Waals surface area contributed by atoms with E-state index in [0.29, 0.717) is 0 Å². The molecule has 1 aromatic carbocycles. The summed E-state index contributed by atoms with van der Waals surface area (Å²) in [6.07, 6.45) is -5.09. The van der Waals surface area contributed by atoms with Crippen molar-refractivity contribution in [2.45, 2.75) is 18.6 Å². The highest BCUT2D eigenvalue weighted by Gasteiger charge is 2.37. The Labute approximate surface area is 101 Å². The highest BCUT2D eigenvalue weighted by atomic mass is 35.5. The molecule has 0 aliphatic carbocycles. The third kappa shape index (κ3) is 3.41. The van der Waals surface area contributed by atoms with Gasteiger partial charge in [0.05, 0.1) is 7.11 Å². The van der Waals surface area contributed by atoms with Crippen molar-refractivity contribution in [1.29, 1.82) is 0 Å². The predicted molar refractivity (Wildman–Crippen MR) is 57.4 cm³/mol. The van der Waals surface area contributed by atoms with Crippen molar-refractivity contribution in [2.24, 2.45) is 5.73 Å². The van der Waals surface area contributed by atoms with Crippen molar-refractivity contribution in [3.8, 4) is 11.5 Å². The van der Waals surface area contributed by atoms with Gasteiger partial charge in [-0.25, -0.2) is 0 Å². The van der Waals surface area contributed by atoms with E-state index in [4.69, 9.17) is 22.1 Å². The van der Waals surface area contributed by atoms with Gasteiger partial charge in [0.25, 0.3) is 0 Å². The van der Waals surface area contributed by atoms with E-state index in [-0.39, 0.29) is 22.1 Å². The number of alkyl halides is 3. The van der Waals surface area contributed by atoms with Crippen LogP contribution in [-0.2, 0) is 6.42 Å². The molecule has 96 valence electrons. The maximum atomic E-state index is 12.3. The fourth-order valence-corrected chi connectivity index (χ4v) is 1.52. The van der Waals surface area contributed by atoms with Gasteiger partial charge in [0.2, 0.25) is 0 Å². The molecule has 0 aromatic heterocycles. The standard InChI is InChI=1S/C10H11ClF3NO2/c1-17-7-4-6(11)2-5(9(7)16)3-8(15)10(12,13)14/h2,4,8,16H,3,15H2,1H3. The summed E-state index contributed by atoms with van der Waals surface area (Å²) in [4.78, 5) is 0. The summed E-state index contributed by atoms with van der Waals surface area (Å²) in [5.74, 6) is -0.363. The fourth-order valence-electron chi connectivity index (χ4n) is 1.29. The van der Waals surface area contributed by atoms with Crippen LogP contribution in [0.2, 0.25) is 5.02 Å². The zero-order chi connectivity index (χ0) is 13.2. The molecule has 3 nitrogen and oxygen atoms in total. The number of nitrogens with two attached hydrogens (primary N) is 1. The first-order chi connectivity index (χ1) is 7.75. The van der Waals surface area contributed by atoms with Gasteiger partial charge in [0.1, 0.15) is 6.04 Å². The van der Waals surface area contributed by atoms with Crippen LogP contribution in [-0.4, -0.2) is 24.4 Å². The van der Waals surface area contributed by atoms with Crippen LogP contribution in [0.5, 0.6) is 11.5 Å². The number of phenols is 1. The van der Waals surface area contributed by atoms with Gasteiger partial charge in [0, 0.05) is 23.1 Å². The Kier molecular flexibility index (Phi) is 4.11. The van der Waals surface area contributed by atoms with E-state index in [0.717, 1.165) is 0 Å². The average Bonchev–Trinajstić information content (AvgIpc) is 2.21. The van der Waals surface area contributed by atoms with Crippen LogP contribution in [0.1, 0.15) is 5.56 Å². The van der Waals surface area contributed by atoms with Gasteiger partial charge in [-0.2, -0.15) is 13.2 Å². The van der Waals surface area contributed by atoms with E-state index >= 15 is 0 Å². The lowest BCUT2D eigenvalue weighted by molar-refractivity contribution is -0.147. The van der Waals surface area contributed by atoms with Crippen molar-refractivity contribution in [1.82, 2.24) is 0 Å². The lowest BCUT2D eigenvalue weighted by atomic mass is 10.0. The van der Waals surface area contributed by atoms with Crippen LogP contribution in [0.15, 0.2) is 12.1 Å². The summed E-state index contributed by atoms with van der Waals surface area (Å²) in [6, 6.07) is 0.474. The van der Waals surface area contributed by atoms with Gasteiger partial charge in [-0.1, -0.05) is 11.6 Å². The molecule has 0 amide bonds. The molecule has 0 fully saturated rings. The van der Waals surface area contributed by atoms with Crippen molar-refractivity contribution >= 4 is 11.6 Å². The maximum Gasteiger partial charge on any atom is 0.403 e. The molecule has 1 atom stereocenters. The number of benzene rings is 1. The first-order valence-electron chi connectivity index (χ1n) is 4.63. The molecule has 17 heavy (non-hydrogen) atoms. The Balaban J connectivity index is 3.03. The van der Waals surface area contributed by atoms with Crippen LogP contribution in [0.3, 0.4) is 0 Å². The van der Waals surface area contributed by atoms with E-state index < -0.39 is 18.6 Å². The highest BCUT2D eigenvalue weighted by molar-refractivity contribution is 6.30. The number of ether oxygens (including phenoxy) is 1. The van der Waals surface area contributed by atoms with E-state index in [9.17, 15) is 18.3 Å². The molecule has 0 saturated carbocycles. The highest BCUT2D eigenvalue weighted by Crippen LogP contribution is 2.35. The second-order valence-corrected chi connectivity index (χ2v) is 3.90. The van der Waals surface area contributed by atoms with E-state index in [2.05, 4.69) is 0 Å². The Morgan fingerprint density at radius 3 is 2.53 bits per heavy atom. The number of hydrogen-bond donors (Lipinski definition) is 2. The molecule has 0 bridgehead atoms. The third-order valence-corrected chi connectivity index (χ3v) is 2.42. The number of methoxy groups -OCH3 is 1. The zero-order valence-electron chi connectivity index (χ0n) is 8.88. The van der Waals surface area contributed by atoms with Gasteiger partial charge >= 0.3 is 6.18 Å². The van der Waals surface area contributed by atoms with Crippen LogP contribution >= 0.6 is 11.6 Å².